The largest absolute Gasteiger partial charge is 0.490 e. The number of hydrogen-bond acceptors (Lipinski definition) is 3. The van der Waals surface area contributed by atoms with E-state index >= 15 is 0 Å². The van der Waals surface area contributed by atoms with Crippen LogP contribution in [-0.4, -0.2) is 44.4 Å². The Hall–Kier alpha value is -1.03. The van der Waals surface area contributed by atoms with Crippen LogP contribution in [0.4, 0.5) is 0 Å². The summed E-state index contributed by atoms with van der Waals surface area (Å²) in [5.74, 6) is 0.944. The number of hydrogen-bond donors (Lipinski definition) is 0. The SMILES string of the molecule is Cc1ccc(OCC=CCN2CCOCC2)cc1C.Cl. The van der Waals surface area contributed by atoms with Gasteiger partial charge in [-0.1, -0.05) is 18.2 Å². The van der Waals surface area contributed by atoms with E-state index in [9.17, 15) is 0 Å². The molecule has 0 spiro atoms. The zero-order valence-corrected chi connectivity index (χ0v) is 13.1. The number of morpholine rings is 1. The zero-order valence-electron chi connectivity index (χ0n) is 12.3. The maximum absolute atomic E-state index is 5.70. The van der Waals surface area contributed by atoms with Gasteiger partial charge in [0.15, 0.2) is 0 Å². The van der Waals surface area contributed by atoms with Crippen LogP contribution in [0.2, 0.25) is 0 Å². The summed E-state index contributed by atoms with van der Waals surface area (Å²) in [6.45, 7) is 9.61. The molecule has 0 unspecified atom stereocenters. The topological polar surface area (TPSA) is 21.7 Å². The Bertz CT molecular complexity index is 428. The molecule has 1 aromatic rings. The van der Waals surface area contributed by atoms with E-state index in [1.165, 1.54) is 11.1 Å². The predicted molar refractivity (Wildman–Crippen MR) is 85.1 cm³/mol. The van der Waals surface area contributed by atoms with E-state index in [1.807, 2.05) is 6.07 Å². The fourth-order valence-corrected chi connectivity index (χ4v) is 2.02. The van der Waals surface area contributed by atoms with Gasteiger partial charge in [0.1, 0.15) is 12.4 Å². The van der Waals surface area contributed by atoms with Crippen molar-refractivity contribution in [3.8, 4) is 5.75 Å². The first-order chi connectivity index (χ1) is 9.25. The average Bonchev–Trinajstić information content (AvgIpc) is 2.43. The summed E-state index contributed by atoms with van der Waals surface area (Å²) in [5, 5.41) is 0. The Labute approximate surface area is 128 Å². The minimum absolute atomic E-state index is 0. The third-order valence-electron chi connectivity index (χ3n) is 3.46. The van der Waals surface area contributed by atoms with Gasteiger partial charge in [-0.3, -0.25) is 4.90 Å². The second-order valence-electron chi connectivity index (χ2n) is 4.94. The maximum Gasteiger partial charge on any atom is 0.120 e. The van der Waals surface area contributed by atoms with E-state index in [4.69, 9.17) is 9.47 Å². The standard InChI is InChI=1S/C16H23NO2.ClH/c1-14-5-6-16(13-15(14)2)19-10-4-3-7-17-8-11-18-12-9-17;/h3-6,13H,7-12H2,1-2H3;1H. The van der Waals surface area contributed by atoms with E-state index in [0.717, 1.165) is 38.6 Å². The molecule has 0 aromatic heterocycles. The molecule has 0 atom stereocenters. The van der Waals surface area contributed by atoms with Crippen LogP contribution in [0.25, 0.3) is 0 Å². The van der Waals surface area contributed by atoms with Gasteiger partial charge in [-0.2, -0.15) is 0 Å². The van der Waals surface area contributed by atoms with Crippen molar-refractivity contribution in [1.29, 1.82) is 0 Å². The number of benzene rings is 1. The molecule has 0 N–H and O–H groups in total. The fraction of sp³-hybridized carbons (Fsp3) is 0.500. The highest BCUT2D eigenvalue weighted by Gasteiger charge is 2.07. The van der Waals surface area contributed by atoms with Crippen LogP contribution >= 0.6 is 12.4 Å². The third-order valence-corrected chi connectivity index (χ3v) is 3.46. The molecule has 1 heterocycles. The van der Waals surface area contributed by atoms with Crippen LogP contribution in [0.3, 0.4) is 0 Å². The van der Waals surface area contributed by atoms with Gasteiger partial charge < -0.3 is 9.47 Å². The quantitative estimate of drug-likeness (QED) is 0.780. The average molecular weight is 298 g/mol. The molecule has 0 saturated carbocycles. The van der Waals surface area contributed by atoms with Crippen molar-refractivity contribution in [2.24, 2.45) is 0 Å². The lowest BCUT2D eigenvalue weighted by atomic mass is 10.1. The number of nitrogens with zero attached hydrogens (tertiary/aromatic N) is 1. The highest BCUT2D eigenvalue weighted by molar-refractivity contribution is 5.85. The summed E-state index contributed by atoms with van der Waals surface area (Å²) < 4.78 is 11.0. The molecule has 0 amide bonds. The lowest BCUT2D eigenvalue weighted by molar-refractivity contribution is 0.0434. The molecule has 0 aliphatic carbocycles. The van der Waals surface area contributed by atoms with E-state index in [-0.39, 0.29) is 12.4 Å². The highest BCUT2D eigenvalue weighted by Crippen LogP contribution is 2.16. The predicted octanol–water partition coefficient (Wildman–Crippen LogP) is 2.99. The van der Waals surface area contributed by atoms with Crippen molar-refractivity contribution in [3.05, 3.63) is 41.5 Å². The van der Waals surface area contributed by atoms with E-state index in [1.54, 1.807) is 0 Å². The van der Waals surface area contributed by atoms with Crippen molar-refractivity contribution in [3.63, 3.8) is 0 Å². The second kappa shape index (κ2) is 9.01. The molecule has 1 aliphatic heterocycles. The minimum atomic E-state index is 0. The minimum Gasteiger partial charge on any atom is -0.490 e. The van der Waals surface area contributed by atoms with Gasteiger partial charge in [0.25, 0.3) is 0 Å². The van der Waals surface area contributed by atoms with Crippen LogP contribution in [0.15, 0.2) is 30.4 Å². The molecule has 3 nitrogen and oxygen atoms in total. The van der Waals surface area contributed by atoms with Crippen LogP contribution in [0, 0.1) is 13.8 Å². The fourth-order valence-electron chi connectivity index (χ4n) is 2.02. The van der Waals surface area contributed by atoms with Crippen molar-refractivity contribution in [1.82, 2.24) is 4.90 Å². The number of halogens is 1. The first-order valence-corrected chi connectivity index (χ1v) is 6.91. The van der Waals surface area contributed by atoms with Gasteiger partial charge in [-0.15, -0.1) is 12.4 Å². The highest BCUT2D eigenvalue weighted by atomic mass is 35.5. The molecule has 0 bridgehead atoms. The molecule has 1 aromatic carbocycles. The second-order valence-corrected chi connectivity index (χ2v) is 4.94. The van der Waals surface area contributed by atoms with Gasteiger partial charge in [0.05, 0.1) is 13.2 Å². The molecule has 0 radical (unpaired) electrons. The van der Waals surface area contributed by atoms with E-state index < -0.39 is 0 Å². The van der Waals surface area contributed by atoms with E-state index in [0.29, 0.717) is 6.61 Å². The van der Waals surface area contributed by atoms with Gasteiger partial charge in [-0.25, -0.2) is 0 Å². The Morgan fingerprint density at radius 1 is 1.15 bits per heavy atom. The number of aryl methyl sites for hydroxylation is 2. The van der Waals surface area contributed by atoms with Gasteiger partial charge >= 0.3 is 0 Å². The Morgan fingerprint density at radius 3 is 2.60 bits per heavy atom. The van der Waals surface area contributed by atoms with Gasteiger partial charge in [-0.05, 0) is 37.1 Å². The summed E-state index contributed by atoms with van der Waals surface area (Å²) in [6, 6.07) is 6.21. The Morgan fingerprint density at radius 2 is 1.90 bits per heavy atom. The molecule has 20 heavy (non-hydrogen) atoms. The maximum atomic E-state index is 5.70. The molecule has 1 aliphatic rings. The number of rotatable bonds is 5. The van der Waals surface area contributed by atoms with Crippen LogP contribution in [0.1, 0.15) is 11.1 Å². The summed E-state index contributed by atoms with van der Waals surface area (Å²) >= 11 is 0. The van der Waals surface area contributed by atoms with Crippen molar-refractivity contribution < 1.29 is 9.47 Å². The number of ether oxygens (including phenoxy) is 2. The third kappa shape index (κ3) is 5.53. The summed E-state index contributed by atoms with van der Waals surface area (Å²) in [5.41, 5.74) is 2.57. The first kappa shape index (κ1) is 17.0. The van der Waals surface area contributed by atoms with Gasteiger partial charge in [0.2, 0.25) is 0 Å². The Kier molecular flexibility index (Phi) is 7.67. The molecule has 1 saturated heterocycles. The molecule has 2 rings (SSSR count). The van der Waals surface area contributed by atoms with E-state index in [2.05, 4.69) is 43.0 Å². The molecule has 1 fully saturated rings. The first-order valence-electron chi connectivity index (χ1n) is 6.91. The lowest BCUT2D eigenvalue weighted by Crippen LogP contribution is -2.36. The molecule has 4 heteroatoms. The summed E-state index contributed by atoms with van der Waals surface area (Å²) in [6.07, 6.45) is 4.26. The summed E-state index contributed by atoms with van der Waals surface area (Å²) in [4.78, 5) is 2.38. The zero-order chi connectivity index (χ0) is 13.5. The molecule has 112 valence electrons. The Balaban J connectivity index is 0.00000200. The van der Waals surface area contributed by atoms with Crippen molar-refractivity contribution in [2.45, 2.75) is 13.8 Å². The van der Waals surface area contributed by atoms with Crippen LogP contribution in [-0.2, 0) is 4.74 Å². The normalized spacial score (nSPS) is 16.1. The monoisotopic (exact) mass is 297 g/mol. The van der Waals surface area contributed by atoms with Crippen molar-refractivity contribution >= 4 is 12.4 Å². The molecular weight excluding hydrogens is 274 g/mol. The van der Waals surface area contributed by atoms with Crippen LogP contribution < -0.4 is 4.74 Å². The molecular formula is C16H24ClNO2. The van der Waals surface area contributed by atoms with Gasteiger partial charge in [0, 0.05) is 19.6 Å². The van der Waals surface area contributed by atoms with Crippen LogP contribution in [0.5, 0.6) is 5.75 Å². The summed E-state index contributed by atoms with van der Waals surface area (Å²) in [7, 11) is 0. The van der Waals surface area contributed by atoms with Crippen molar-refractivity contribution in [2.75, 3.05) is 39.5 Å². The smallest absolute Gasteiger partial charge is 0.120 e. The lowest BCUT2D eigenvalue weighted by Gasteiger charge is -2.25.